The van der Waals surface area contributed by atoms with Gasteiger partial charge in [-0.3, -0.25) is 10.2 Å². The van der Waals surface area contributed by atoms with E-state index in [9.17, 15) is 4.79 Å². The molecule has 5 heteroatoms. The molecule has 1 heterocycles. The van der Waals surface area contributed by atoms with Gasteiger partial charge in [-0.05, 0) is 41.1 Å². The van der Waals surface area contributed by atoms with E-state index in [-0.39, 0.29) is 6.03 Å². The molecular formula is C13H13BrN2O2. The number of halogens is 1. The number of hydrogen-bond acceptors (Lipinski definition) is 2. The Hall–Kier alpha value is -1.75. The van der Waals surface area contributed by atoms with Crippen molar-refractivity contribution in [2.45, 2.75) is 6.92 Å². The van der Waals surface area contributed by atoms with Crippen molar-refractivity contribution in [1.82, 2.24) is 0 Å². The molecule has 0 bridgehead atoms. The average Bonchev–Trinajstić information content (AvgIpc) is 2.77. The number of nitrogens with one attached hydrogen (secondary N) is 1. The van der Waals surface area contributed by atoms with Gasteiger partial charge >= 0.3 is 6.03 Å². The van der Waals surface area contributed by atoms with Gasteiger partial charge in [-0.25, -0.2) is 4.79 Å². The SMILES string of the molecule is CCN(C(=O)Nc1ccc(Br)o1)c1ccccc1. The molecule has 0 atom stereocenters. The lowest BCUT2D eigenvalue weighted by Gasteiger charge is -2.20. The normalized spacial score (nSPS) is 10.1. The first-order valence-corrected chi connectivity index (χ1v) is 6.39. The molecule has 0 aliphatic carbocycles. The van der Waals surface area contributed by atoms with Gasteiger partial charge in [-0.15, -0.1) is 0 Å². The van der Waals surface area contributed by atoms with Crippen LogP contribution in [0.15, 0.2) is 51.6 Å². The maximum atomic E-state index is 12.1. The predicted octanol–water partition coefficient (Wildman–Crippen LogP) is 4.10. The Labute approximate surface area is 114 Å². The minimum absolute atomic E-state index is 0.217. The summed E-state index contributed by atoms with van der Waals surface area (Å²) in [7, 11) is 0. The zero-order valence-electron chi connectivity index (χ0n) is 9.89. The first kappa shape index (κ1) is 12.7. The van der Waals surface area contributed by atoms with Crippen LogP contribution in [-0.4, -0.2) is 12.6 Å². The molecule has 18 heavy (non-hydrogen) atoms. The van der Waals surface area contributed by atoms with E-state index in [0.29, 0.717) is 17.1 Å². The van der Waals surface area contributed by atoms with Crippen LogP contribution >= 0.6 is 15.9 Å². The monoisotopic (exact) mass is 308 g/mol. The highest BCUT2D eigenvalue weighted by Gasteiger charge is 2.14. The number of hydrogen-bond donors (Lipinski definition) is 1. The summed E-state index contributed by atoms with van der Waals surface area (Å²) in [5, 5.41) is 2.70. The molecule has 4 nitrogen and oxygen atoms in total. The second-order valence-electron chi connectivity index (χ2n) is 3.61. The van der Waals surface area contributed by atoms with Crippen LogP contribution in [0.4, 0.5) is 16.4 Å². The maximum Gasteiger partial charge on any atom is 0.328 e. The predicted molar refractivity (Wildman–Crippen MR) is 74.9 cm³/mol. The number of carbonyl (C=O) groups is 1. The molecule has 0 radical (unpaired) electrons. The molecule has 0 fully saturated rings. The summed E-state index contributed by atoms with van der Waals surface area (Å²) < 4.78 is 5.83. The molecule has 0 saturated carbocycles. The van der Waals surface area contributed by atoms with Crippen LogP contribution in [0.5, 0.6) is 0 Å². The number of carbonyl (C=O) groups excluding carboxylic acids is 1. The van der Waals surface area contributed by atoms with E-state index in [0.717, 1.165) is 5.69 Å². The molecule has 0 aliphatic rings. The quantitative estimate of drug-likeness (QED) is 0.927. The van der Waals surface area contributed by atoms with Crippen molar-refractivity contribution in [3.8, 4) is 0 Å². The minimum atomic E-state index is -0.217. The smallest absolute Gasteiger partial charge is 0.328 e. The van der Waals surface area contributed by atoms with Crippen LogP contribution in [0, 0.1) is 0 Å². The van der Waals surface area contributed by atoms with Crippen molar-refractivity contribution >= 4 is 33.5 Å². The highest BCUT2D eigenvalue weighted by atomic mass is 79.9. The van der Waals surface area contributed by atoms with Gasteiger partial charge in [0.2, 0.25) is 5.88 Å². The minimum Gasteiger partial charge on any atom is -0.434 e. The van der Waals surface area contributed by atoms with Gasteiger partial charge in [0.1, 0.15) is 0 Å². The van der Waals surface area contributed by atoms with Crippen molar-refractivity contribution < 1.29 is 9.21 Å². The molecule has 1 aromatic carbocycles. The molecule has 94 valence electrons. The molecule has 2 rings (SSSR count). The van der Waals surface area contributed by atoms with Crippen molar-refractivity contribution in [2.75, 3.05) is 16.8 Å². The summed E-state index contributed by atoms with van der Waals surface area (Å²) in [6, 6.07) is 12.7. The van der Waals surface area contributed by atoms with Crippen LogP contribution in [0.3, 0.4) is 0 Å². The van der Waals surface area contributed by atoms with Crippen molar-refractivity contribution in [3.63, 3.8) is 0 Å². The number of nitrogens with zero attached hydrogens (tertiary/aromatic N) is 1. The molecule has 1 N–H and O–H groups in total. The molecule has 1 aromatic heterocycles. The lowest BCUT2D eigenvalue weighted by Crippen LogP contribution is -2.34. The lowest BCUT2D eigenvalue weighted by molar-refractivity contribution is 0.256. The van der Waals surface area contributed by atoms with Crippen LogP contribution in [0.2, 0.25) is 0 Å². The third-order valence-corrected chi connectivity index (χ3v) is 2.86. The number of benzene rings is 1. The number of anilines is 2. The second-order valence-corrected chi connectivity index (χ2v) is 4.40. The van der Waals surface area contributed by atoms with E-state index >= 15 is 0 Å². The Balaban J connectivity index is 2.11. The van der Waals surface area contributed by atoms with E-state index in [2.05, 4.69) is 21.2 Å². The van der Waals surface area contributed by atoms with Crippen LogP contribution in [-0.2, 0) is 0 Å². The third-order valence-electron chi connectivity index (χ3n) is 2.43. The van der Waals surface area contributed by atoms with Crippen LogP contribution in [0.1, 0.15) is 6.92 Å². The Morgan fingerprint density at radius 1 is 1.28 bits per heavy atom. The lowest BCUT2D eigenvalue weighted by atomic mass is 10.3. The number of amides is 2. The van der Waals surface area contributed by atoms with Crippen molar-refractivity contribution in [3.05, 3.63) is 47.1 Å². The number of urea groups is 1. The van der Waals surface area contributed by atoms with Gasteiger partial charge in [-0.1, -0.05) is 18.2 Å². The Morgan fingerprint density at radius 2 is 2.00 bits per heavy atom. The topological polar surface area (TPSA) is 45.5 Å². The fourth-order valence-corrected chi connectivity index (χ4v) is 1.91. The van der Waals surface area contributed by atoms with Crippen LogP contribution in [0.25, 0.3) is 0 Å². The molecule has 0 saturated heterocycles. The van der Waals surface area contributed by atoms with E-state index in [4.69, 9.17) is 4.42 Å². The molecule has 0 aliphatic heterocycles. The summed E-state index contributed by atoms with van der Waals surface area (Å²) in [5.41, 5.74) is 0.850. The number of rotatable bonds is 3. The zero-order chi connectivity index (χ0) is 13.0. The van der Waals surface area contributed by atoms with Gasteiger partial charge in [0.15, 0.2) is 4.67 Å². The standard InChI is InChI=1S/C13H13BrN2O2/c1-2-16(10-6-4-3-5-7-10)13(17)15-12-9-8-11(14)18-12/h3-9H,2H2,1H3,(H,15,17). The van der Waals surface area contributed by atoms with Gasteiger partial charge < -0.3 is 4.42 Å². The fraction of sp³-hybridized carbons (Fsp3) is 0.154. The Kier molecular flexibility index (Phi) is 4.04. The maximum absolute atomic E-state index is 12.1. The van der Waals surface area contributed by atoms with E-state index < -0.39 is 0 Å². The fourth-order valence-electron chi connectivity index (χ4n) is 1.61. The average molecular weight is 309 g/mol. The van der Waals surface area contributed by atoms with E-state index in [1.165, 1.54) is 0 Å². The molecule has 2 aromatic rings. The van der Waals surface area contributed by atoms with Crippen molar-refractivity contribution in [1.29, 1.82) is 0 Å². The highest BCUT2D eigenvalue weighted by molar-refractivity contribution is 9.10. The number of para-hydroxylation sites is 1. The summed E-state index contributed by atoms with van der Waals surface area (Å²) in [5.74, 6) is 0.418. The van der Waals surface area contributed by atoms with Crippen molar-refractivity contribution in [2.24, 2.45) is 0 Å². The zero-order valence-corrected chi connectivity index (χ0v) is 11.5. The Morgan fingerprint density at radius 3 is 2.56 bits per heavy atom. The summed E-state index contributed by atoms with van der Waals surface area (Å²) in [6.07, 6.45) is 0. The van der Waals surface area contributed by atoms with Gasteiger partial charge in [0.25, 0.3) is 0 Å². The third kappa shape index (κ3) is 2.92. The van der Waals surface area contributed by atoms with Gasteiger partial charge in [0.05, 0.1) is 0 Å². The van der Waals surface area contributed by atoms with E-state index in [1.807, 2.05) is 37.3 Å². The first-order chi connectivity index (χ1) is 8.70. The van der Waals surface area contributed by atoms with Crippen LogP contribution < -0.4 is 10.2 Å². The summed E-state index contributed by atoms with van der Waals surface area (Å²) >= 11 is 3.19. The first-order valence-electron chi connectivity index (χ1n) is 5.59. The second kappa shape index (κ2) is 5.73. The summed E-state index contributed by atoms with van der Waals surface area (Å²) in [6.45, 7) is 2.50. The van der Waals surface area contributed by atoms with E-state index in [1.54, 1.807) is 17.0 Å². The number of furan rings is 1. The molecule has 2 amide bonds. The van der Waals surface area contributed by atoms with Gasteiger partial charge in [0, 0.05) is 18.3 Å². The summed E-state index contributed by atoms with van der Waals surface area (Å²) in [4.78, 5) is 13.7. The highest BCUT2D eigenvalue weighted by Crippen LogP contribution is 2.20. The molecule has 0 unspecified atom stereocenters. The Bertz CT molecular complexity index is 525. The molecule has 0 spiro atoms. The molecular weight excluding hydrogens is 296 g/mol. The largest absolute Gasteiger partial charge is 0.434 e. The van der Waals surface area contributed by atoms with Gasteiger partial charge in [-0.2, -0.15) is 0 Å².